The lowest BCUT2D eigenvalue weighted by atomic mass is 10.1. The lowest BCUT2D eigenvalue weighted by molar-refractivity contribution is -0.131. The maximum absolute atomic E-state index is 12.4. The van der Waals surface area contributed by atoms with Crippen LogP contribution in [-0.2, 0) is 9.59 Å². The Bertz CT molecular complexity index is 829. The molecule has 3 N–H and O–H groups in total. The average Bonchev–Trinajstić information content (AvgIpc) is 2.67. The van der Waals surface area contributed by atoms with E-state index in [2.05, 4.69) is 10.6 Å². The molecule has 0 aliphatic heterocycles. The molecule has 0 spiro atoms. The number of aliphatic hydroxyl groups excluding tert-OH is 1. The fourth-order valence-corrected chi connectivity index (χ4v) is 2.17. The molecule has 0 saturated carbocycles. The summed E-state index contributed by atoms with van der Waals surface area (Å²) in [4.78, 5) is 35.6. The van der Waals surface area contributed by atoms with Crippen LogP contribution in [-0.4, -0.2) is 36.0 Å². The van der Waals surface area contributed by atoms with Crippen molar-refractivity contribution < 1.29 is 24.2 Å². The molecule has 7 nitrogen and oxygen atoms in total. The second-order valence-corrected chi connectivity index (χ2v) is 5.52. The molecule has 2 aromatic carbocycles. The summed E-state index contributed by atoms with van der Waals surface area (Å²) in [7, 11) is 0. The van der Waals surface area contributed by atoms with E-state index in [0.717, 1.165) is 0 Å². The highest BCUT2D eigenvalue weighted by molar-refractivity contribution is 6.05. The predicted molar refractivity (Wildman–Crippen MR) is 99.7 cm³/mol. The highest BCUT2D eigenvalue weighted by Crippen LogP contribution is 2.14. The highest BCUT2D eigenvalue weighted by Gasteiger charge is 2.14. The Morgan fingerprint density at radius 3 is 2.30 bits per heavy atom. The van der Waals surface area contributed by atoms with Gasteiger partial charge in [-0.2, -0.15) is 0 Å². The van der Waals surface area contributed by atoms with Gasteiger partial charge in [-0.3, -0.25) is 14.4 Å². The van der Waals surface area contributed by atoms with Crippen LogP contribution in [0, 0.1) is 0 Å². The van der Waals surface area contributed by atoms with Gasteiger partial charge in [0.15, 0.2) is 0 Å². The smallest absolute Gasteiger partial charge is 0.308 e. The molecule has 0 heterocycles. The molecule has 0 aliphatic rings. The number of hydrogen-bond donors (Lipinski definition) is 3. The minimum atomic E-state index is -0.530. The Morgan fingerprint density at radius 1 is 1.04 bits per heavy atom. The summed E-state index contributed by atoms with van der Waals surface area (Å²) in [5.41, 5.74) is 1.05. The topological polar surface area (TPSA) is 105 Å². The van der Waals surface area contributed by atoms with Crippen LogP contribution in [0.5, 0.6) is 5.75 Å². The quantitative estimate of drug-likeness (QED) is 0.390. The van der Waals surface area contributed by atoms with Gasteiger partial charge in [-0.1, -0.05) is 30.3 Å². The number of carbonyl (C=O) groups is 3. The monoisotopic (exact) mass is 368 g/mol. The molecule has 0 radical (unpaired) electrons. The molecule has 0 unspecified atom stereocenters. The van der Waals surface area contributed by atoms with Crippen molar-refractivity contribution in [2.75, 3.05) is 13.2 Å². The van der Waals surface area contributed by atoms with Gasteiger partial charge < -0.3 is 20.5 Å². The number of aliphatic hydroxyl groups is 1. The van der Waals surface area contributed by atoms with Gasteiger partial charge in [-0.05, 0) is 35.9 Å². The zero-order valence-electron chi connectivity index (χ0n) is 14.8. The second-order valence-electron chi connectivity index (χ2n) is 5.52. The molecule has 0 aromatic heterocycles. The Morgan fingerprint density at radius 2 is 1.70 bits per heavy atom. The predicted octanol–water partition coefficient (Wildman–Crippen LogP) is 1.49. The SMILES string of the molecule is CC(=O)Oc1ccc(/C=C(\NC(=O)c2ccccc2)C(=O)NCCO)cc1. The van der Waals surface area contributed by atoms with Crippen LogP contribution in [0.15, 0.2) is 60.3 Å². The summed E-state index contributed by atoms with van der Waals surface area (Å²) in [6.07, 6.45) is 1.49. The third-order valence-corrected chi connectivity index (χ3v) is 3.38. The lowest BCUT2D eigenvalue weighted by Gasteiger charge is -2.11. The van der Waals surface area contributed by atoms with E-state index in [-0.39, 0.29) is 18.8 Å². The number of nitrogens with one attached hydrogen (secondary N) is 2. The Kier molecular flexibility index (Phi) is 7.27. The van der Waals surface area contributed by atoms with Gasteiger partial charge in [0.1, 0.15) is 11.4 Å². The van der Waals surface area contributed by atoms with Gasteiger partial charge in [-0.15, -0.1) is 0 Å². The second kappa shape index (κ2) is 9.88. The van der Waals surface area contributed by atoms with Crippen LogP contribution < -0.4 is 15.4 Å². The summed E-state index contributed by atoms with van der Waals surface area (Å²) in [5.74, 6) is -1.02. The number of carbonyl (C=O) groups excluding carboxylic acids is 3. The zero-order chi connectivity index (χ0) is 19.6. The molecule has 2 amide bonds. The number of ether oxygens (including phenoxy) is 1. The third-order valence-electron chi connectivity index (χ3n) is 3.38. The number of benzene rings is 2. The standard InChI is InChI=1S/C20H20N2O5/c1-14(24)27-17-9-7-15(8-10-17)13-18(20(26)21-11-12-23)22-19(25)16-5-3-2-4-6-16/h2-10,13,23H,11-12H2,1H3,(H,21,26)(H,22,25)/b18-13-. The molecule has 7 heteroatoms. The first-order chi connectivity index (χ1) is 13.0. The molecule has 27 heavy (non-hydrogen) atoms. The van der Waals surface area contributed by atoms with Crippen molar-refractivity contribution in [1.82, 2.24) is 10.6 Å². The van der Waals surface area contributed by atoms with Crippen molar-refractivity contribution in [3.05, 3.63) is 71.4 Å². The number of hydrogen-bond acceptors (Lipinski definition) is 5. The van der Waals surface area contributed by atoms with E-state index >= 15 is 0 Å². The van der Waals surface area contributed by atoms with E-state index in [1.807, 2.05) is 0 Å². The fraction of sp³-hybridized carbons (Fsp3) is 0.150. The maximum atomic E-state index is 12.4. The van der Waals surface area contributed by atoms with Crippen LogP contribution >= 0.6 is 0 Å². The van der Waals surface area contributed by atoms with E-state index < -0.39 is 17.8 Å². The fourth-order valence-electron chi connectivity index (χ4n) is 2.17. The molecule has 0 saturated heterocycles. The summed E-state index contributed by atoms with van der Waals surface area (Å²) in [5, 5.41) is 14.0. The molecule has 2 aromatic rings. The Hall–Kier alpha value is -3.45. The van der Waals surface area contributed by atoms with Crippen molar-refractivity contribution in [1.29, 1.82) is 0 Å². The van der Waals surface area contributed by atoms with Crippen molar-refractivity contribution in [3.63, 3.8) is 0 Å². The van der Waals surface area contributed by atoms with E-state index in [9.17, 15) is 14.4 Å². The minimum Gasteiger partial charge on any atom is -0.427 e. The van der Waals surface area contributed by atoms with Gasteiger partial charge in [-0.25, -0.2) is 0 Å². The normalized spacial score (nSPS) is 10.8. The molecule has 140 valence electrons. The van der Waals surface area contributed by atoms with Gasteiger partial charge >= 0.3 is 5.97 Å². The van der Waals surface area contributed by atoms with E-state index in [1.54, 1.807) is 54.6 Å². The largest absolute Gasteiger partial charge is 0.427 e. The Labute approximate surface area is 156 Å². The number of rotatable bonds is 7. The molecule has 0 aliphatic carbocycles. The highest BCUT2D eigenvalue weighted by atomic mass is 16.5. The zero-order valence-corrected chi connectivity index (χ0v) is 14.8. The van der Waals surface area contributed by atoms with Gasteiger partial charge in [0, 0.05) is 19.0 Å². The summed E-state index contributed by atoms with van der Waals surface area (Å²) < 4.78 is 4.96. The number of esters is 1. The molecule has 0 bridgehead atoms. The van der Waals surface area contributed by atoms with Crippen LogP contribution in [0.25, 0.3) is 6.08 Å². The van der Waals surface area contributed by atoms with Crippen LogP contribution in [0.3, 0.4) is 0 Å². The number of amides is 2. The first-order valence-corrected chi connectivity index (χ1v) is 8.25. The minimum absolute atomic E-state index is 0.0255. The first-order valence-electron chi connectivity index (χ1n) is 8.25. The van der Waals surface area contributed by atoms with Crippen molar-refractivity contribution in [2.45, 2.75) is 6.92 Å². The van der Waals surface area contributed by atoms with Crippen LogP contribution in [0.2, 0.25) is 0 Å². The molecule has 0 atom stereocenters. The molecule has 0 fully saturated rings. The third kappa shape index (κ3) is 6.41. The Balaban J connectivity index is 2.23. The van der Waals surface area contributed by atoms with E-state index in [4.69, 9.17) is 9.84 Å². The van der Waals surface area contributed by atoms with Crippen molar-refractivity contribution in [2.24, 2.45) is 0 Å². The van der Waals surface area contributed by atoms with Gasteiger partial charge in [0.25, 0.3) is 11.8 Å². The van der Waals surface area contributed by atoms with E-state index in [0.29, 0.717) is 16.9 Å². The first kappa shape index (κ1) is 19.9. The summed E-state index contributed by atoms with van der Waals surface area (Å²) in [6, 6.07) is 14.9. The lowest BCUT2D eigenvalue weighted by Crippen LogP contribution is -2.36. The summed E-state index contributed by atoms with van der Waals surface area (Å²) >= 11 is 0. The summed E-state index contributed by atoms with van der Waals surface area (Å²) in [6.45, 7) is 1.14. The molecular weight excluding hydrogens is 348 g/mol. The molecular formula is C20H20N2O5. The van der Waals surface area contributed by atoms with Crippen LogP contribution in [0.1, 0.15) is 22.8 Å². The van der Waals surface area contributed by atoms with Gasteiger partial charge in [0.2, 0.25) is 0 Å². The maximum Gasteiger partial charge on any atom is 0.308 e. The van der Waals surface area contributed by atoms with Crippen LogP contribution in [0.4, 0.5) is 0 Å². The van der Waals surface area contributed by atoms with Gasteiger partial charge in [0.05, 0.1) is 6.61 Å². The molecule has 2 rings (SSSR count). The van der Waals surface area contributed by atoms with E-state index in [1.165, 1.54) is 13.0 Å². The van der Waals surface area contributed by atoms with Crippen molar-refractivity contribution >= 4 is 23.9 Å². The van der Waals surface area contributed by atoms with Crippen molar-refractivity contribution in [3.8, 4) is 5.75 Å². The average molecular weight is 368 g/mol.